The number of aromatic hydroxyl groups is 2. The van der Waals surface area contributed by atoms with Gasteiger partial charge in [0.25, 0.3) is 5.69 Å². The van der Waals surface area contributed by atoms with E-state index in [-0.39, 0.29) is 17.4 Å². The quantitative estimate of drug-likeness (QED) is 0.596. The van der Waals surface area contributed by atoms with Crippen LogP contribution in [0.25, 0.3) is 5.69 Å². The van der Waals surface area contributed by atoms with Crippen LogP contribution >= 0.6 is 0 Å². The number of aromatic nitrogens is 1. The lowest BCUT2D eigenvalue weighted by molar-refractivity contribution is -0.384. The molecule has 0 spiro atoms. The van der Waals surface area contributed by atoms with Crippen LogP contribution in [0, 0.1) is 10.1 Å². The van der Waals surface area contributed by atoms with Crippen LogP contribution in [-0.4, -0.2) is 19.7 Å². The molecule has 0 bridgehead atoms. The Kier molecular flexibility index (Phi) is 2.24. The standard InChI is InChI=1S/C10H8N2O4/c13-9-4-5-10(14)11(9)7-2-1-3-8(6-7)12(15)16/h1-6,13-14H. The van der Waals surface area contributed by atoms with E-state index in [1.807, 2.05) is 0 Å². The molecule has 6 heteroatoms. The average Bonchev–Trinajstić information content (AvgIpc) is 2.59. The summed E-state index contributed by atoms with van der Waals surface area (Å²) in [6.45, 7) is 0. The maximum Gasteiger partial charge on any atom is 0.271 e. The lowest BCUT2D eigenvalue weighted by atomic mass is 10.3. The number of hydrogen-bond acceptors (Lipinski definition) is 4. The van der Waals surface area contributed by atoms with Crippen molar-refractivity contribution >= 4 is 5.69 Å². The maximum absolute atomic E-state index is 10.6. The Balaban J connectivity index is 2.57. The fourth-order valence-corrected chi connectivity index (χ4v) is 1.43. The second-order valence-corrected chi connectivity index (χ2v) is 3.16. The first kappa shape index (κ1) is 10.0. The number of benzene rings is 1. The van der Waals surface area contributed by atoms with Gasteiger partial charge in [-0.3, -0.25) is 14.7 Å². The van der Waals surface area contributed by atoms with Crippen LogP contribution < -0.4 is 0 Å². The van der Waals surface area contributed by atoms with E-state index in [9.17, 15) is 20.3 Å². The van der Waals surface area contributed by atoms with Gasteiger partial charge in [0, 0.05) is 24.3 Å². The van der Waals surface area contributed by atoms with Gasteiger partial charge in [0.05, 0.1) is 10.6 Å². The van der Waals surface area contributed by atoms with Crippen LogP contribution in [-0.2, 0) is 0 Å². The van der Waals surface area contributed by atoms with Gasteiger partial charge in [-0.15, -0.1) is 0 Å². The number of nitrogens with zero attached hydrogens (tertiary/aromatic N) is 2. The van der Waals surface area contributed by atoms with Crippen molar-refractivity contribution in [2.24, 2.45) is 0 Å². The van der Waals surface area contributed by atoms with Crippen molar-refractivity contribution < 1.29 is 15.1 Å². The summed E-state index contributed by atoms with van der Waals surface area (Å²) in [5, 5.41) is 29.5. The molecular formula is C10H8N2O4. The highest BCUT2D eigenvalue weighted by molar-refractivity contribution is 5.48. The summed E-state index contributed by atoms with van der Waals surface area (Å²) in [5.74, 6) is -0.365. The van der Waals surface area contributed by atoms with Gasteiger partial charge in [-0.1, -0.05) is 6.07 Å². The van der Waals surface area contributed by atoms with Crippen LogP contribution in [0.1, 0.15) is 0 Å². The van der Waals surface area contributed by atoms with Crippen molar-refractivity contribution in [3.8, 4) is 17.4 Å². The summed E-state index contributed by atoms with van der Waals surface area (Å²) in [6.07, 6.45) is 0. The molecule has 0 aliphatic carbocycles. The third-order valence-electron chi connectivity index (χ3n) is 2.14. The first-order valence-corrected chi connectivity index (χ1v) is 4.44. The molecule has 0 aliphatic heterocycles. The highest BCUT2D eigenvalue weighted by Gasteiger charge is 2.11. The van der Waals surface area contributed by atoms with E-state index in [1.54, 1.807) is 6.07 Å². The molecule has 0 saturated heterocycles. The number of rotatable bonds is 2. The number of hydrogen-bond donors (Lipinski definition) is 2. The van der Waals surface area contributed by atoms with E-state index in [2.05, 4.69) is 0 Å². The molecule has 2 rings (SSSR count). The second-order valence-electron chi connectivity index (χ2n) is 3.16. The van der Waals surface area contributed by atoms with E-state index in [0.717, 1.165) is 4.57 Å². The van der Waals surface area contributed by atoms with Gasteiger partial charge in [0.15, 0.2) is 11.8 Å². The molecule has 1 aromatic carbocycles. The fraction of sp³-hybridized carbons (Fsp3) is 0. The first-order valence-electron chi connectivity index (χ1n) is 4.44. The zero-order valence-electron chi connectivity index (χ0n) is 8.07. The number of nitro groups is 1. The van der Waals surface area contributed by atoms with Gasteiger partial charge in [-0.2, -0.15) is 0 Å². The van der Waals surface area contributed by atoms with Gasteiger partial charge >= 0.3 is 0 Å². The molecular weight excluding hydrogens is 212 g/mol. The van der Waals surface area contributed by atoms with Crippen molar-refractivity contribution in [2.45, 2.75) is 0 Å². The summed E-state index contributed by atoms with van der Waals surface area (Å²) < 4.78 is 1.10. The normalized spacial score (nSPS) is 10.2. The first-order chi connectivity index (χ1) is 7.59. The van der Waals surface area contributed by atoms with Gasteiger partial charge in [-0.05, 0) is 6.07 Å². The molecule has 1 heterocycles. The van der Waals surface area contributed by atoms with E-state index in [0.29, 0.717) is 5.69 Å². The van der Waals surface area contributed by atoms with Crippen molar-refractivity contribution in [1.82, 2.24) is 4.57 Å². The van der Waals surface area contributed by atoms with Gasteiger partial charge in [0.1, 0.15) is 0 Å². The Morgan fingerprint density at radius 3 is 2.31 bits per heavy atom. The lowest BCUT2D eigenvalue weighted by Gasteiger charge is -2.05. The molecule has 0 radical (unpaired) electrons. The molecule has 0 atom stereocenters. The molecule has 2 N–H and O–H groups in total. The molecule has 0 unspecified atom stereocenters. The highest BCUT2D eigenvalue weighted by atomic mass is 16.6. The minimum absolute atomic E-state index is 0.106. The molecule has 16 heavy (non-hydrogen) atoms. The van der Waals surface area contributed by atoms with Crippen LogP contribution in [0.5, 0.6) is 11.8 Å². The fourth-order valence-electron chi connectivity index (χ4n) is 1.43. The van der Waals surface area contributed by atoms with E-state index < -0.39 is 4.92 Å². The minimum Gasteiger partial charge on any atom is -0.494 e. The van der Waals surface area contributed by atoms with Crippen molar-refractivity contribution in [1.29, 1.82) is 0 Å². The van der Waals surface area contributed by atoms with Gasteiger partial charge < -0.3 is 10.2 Å². The average molecular weight is 220 g/mol. The summed E-state index contributed by atoms with van der Waals surface area (Å²) >= 11 is 0. The Morgan fingerprint density at radius 2 is 1.75 bits per heavy atom. The summed E-state index contributed by atoms with van der Waals surface area (Å²) in [7, 11) is 0. The summed E-state index contributed by atoms with van der Waals surface area (Å²) in [6, 6.07) is 8.22. The summed E-state index contributed by atoms with van der Waals surface area (Å²) in [5.41, 5.74) is 0.221. The zero-order chi connectivity index (χ0) is 11.7. The Hall–Kier alpha value is -2.50. The predicted octanol–water partition coefficient (Wildman–Crippen LogP) is 1.80. The Bertz CT molecular complexity index is 528. The second kappa shape index (κ2) is 3.58. The van der Waals surface area contributed by atoms with E-state index >= 15 is 0 Å². The predicted molar refractivity (Wildman–Crippen MR) is 55.8 cm³/mol. The monoisotopic (exact) mass is 220 g/mol. The highest BCUT2D eigenvalue weighted by Crippen LogP contribution is 2.28. The largest absolute Gasteiger partial charge is 0.494 e. The molecule has 2 aromatic rings. The number of non-ortho nitro benzene ring substituents is 1. The molecule has 1 aromatic heterocycles. The van der Waals surface area contributed by atoms with Gasteiger partial charge in [0.2, 0.25) is 0 Å². The molecule has 0 aliphatic rings. The van der Waals surface area contributed by atoms with Crippen molar-refractivity contribution in [3.63, 3.8) is 0 Å². The zero-order valence-corrected chi connectivity index (χ0v) is 8.07. The number of nitro benzene ring substituents is 1. The Labute approximate surface area is 90.1 Å². The topological polar surface area (TPSA) is 88.5 Å². The minimum atomic E-state index is -0.541. The smallest absolute Gasteiger partial charge is 0.271 e. The lowest BCUT2D eigenvalue weighted by Crippen LogP contribution is -1.94. The SMILES string of the molecule is O=[N+]([O-])c1cccc(-n2c(O)ccc2O)c1. The maximum atomic E-state index is 10.6. The third kappa shape index (κ3) is 1.56. The molecule has 0 saturated carbocycles. The van der Waals surface area contributed by atoms with E-state index in [1.165, 1.54) is 30.3 Å². The van der Waals surface area contributed by atoms with Gasteiger partial charge in [-0.25, -0.2) is 0 Å². The molecule has 82 valence electrons. The summed E-state index contributed by atoms with van der Waals surface area (Å²) in [4.78, 5) is 10.0. The third-order valence-corrected chi connectivity index (χ3v) is 2.14. The van der Waals surface area contributed by atoms with Crippen molar-refractivity contribution in [2.75, 3.05) is 0 Å². The van der Waals surface area contributed by atoms with Crippen LogP contribution in [0.3, 0.4) is 0 Å². The van der Waals surface area contributed by atoms with E-state index in [4.69, 9.17) is 0 Å². The van der Waals surface area contributed by atoms with Crippen molar-refractivity contribution in [3.05, 3.63) is 46.5 Å². The Morgan fingerprint density at radius 1 is 1.12 bits per heavy atom. The molecule has 0 fully saturated rings. The molecule has 6 nitrogen and oxygen atoms in total. The van der Waals surface area contributed by atoms with Crippen LogP contribution in [0.2, 0.25) is 0 Å². The molecule has 0 amide bonds. The van der Waals surface area contributed by atoms with Crippen LogP contribution in [0.4, 0.5) is 5.69 Å². The van der Waals surface area contributed by atoms with Crippen LogP contribution in [0.15, 0.2) is 36.4 Å².